The third-order valence-electron chi connectivity index (χ3n) is 1.42. The molecule has 0 radical (unpaired) electrons. The van der Waals surface area contributed by atoms with Crippen LogP contribution in [0.25, 0.3) is 0 Å². The van der Waals surface area contributed by atoms with Crippen LogP contribution >= 0.6 is 0 Å². The highest BCUT2D eigenvalue weighted by Crippen LogP contribution is 2.36. The average molecular weight is 260 g/mol. The van der Waals surface area contributed by atoms with Gasteiger partial charge in [0.05, 0.1) is 6.61 Å². The molecular formula is C7H8F8O. The number of ether oxygens (including phenoxy) is 1. The van der Waals surface area contributed by atoms with E-state index in [0.29, 0.717) is 6.92 Å². The first-order chi connectivity index (χ1) is 6.86. The van der Waals surface area contributed by atoms with Gasteiger partial charge in [-0.25, -0.2) is 13.2 Å². The van der Waals surface area contributed by atoms with E-state index in [9.17, 15) is 35.1 Å². The predicted molar refractivity (Wildman–Crippen MR) is 37.1 cm³/mol. The quantitative estimate of drug-likeness (QED) is 0.687. The Kier molecular flexibility index (Phi) is 4.55. The van der Waals surface area contributed by atoms with Crippen LogP contribution in [0.3, 0.4) is 0 Å². The zero-order valence-electron chi connectivity index (χ0n) is 7.92. The summed E-state index contributed by atoms with van der Waals surface area (Å²) in [6.45, 7) is -1.02. The summed E-state index contributed by atoms with van der Waals surface area (Å²) >= 11 is 0. The molecule has 0 N–H and O–H groups in total. The maximum Gasteiger partial charge on any atom is 0.428 e. The molecule has 16 heavy (non-hydrogen) atoms. The minimum Gasteiger partial charge on any atom is -0.318 e. The van der Waals surface area contributed by atoms with Crippen LogP contribution in [0.2, 0.25) is 0 Å². The number of rotatable bonds is 5. The summed E-state index contributed by atoms with van der Waals surface area (Å²) < 4.78 is 98.7. The monoisotopic (exact) mass is 260 g/mol. The van der Waals surface area contributed by atoms with Gasteiger partial charge in [0, 0.05) is 6.42 Å². The molecule has 0 heterocycles. The van der Waals surface area contributed by atoms with Crippen molar-refractivity contribution in [2.75, 3.05) is 6.61 Å². The number of alkyl halides is 8. The van der Waals surface area contributed by atoms with E-state index in [4.69, 9.17) is 0 Å². The SMILES string of the molecule is CC(F)(F)CCOC(F)(F)C(F)C(F)(F)F. The van der Waals surface area contributed by atoms with Gasteiger partial charge < -0.3 is 4.74 Å². The van der Waals surface area contributed by atoms with E-state index in [1.807, 2.05) is 0 Å². The molecule has 0 bridgehead atoms. The van der Waals surface area contributed by atoms with Crippen LogP contribution in [-0.4, -0.2) is 31.0 Å². The van der Waals surface area contributed by atoms with Crippen LogP contribution in [-0.2, 0) is 4.74 Å². The molecule has 0 aliphatic carbocycles. The van der Waals surface area contributed by atoms with E-state index in [-0.39, 0.29) is 0 Å². The van der Waals surface area contributed by atoms with Crippen LogP contribution in [0.4, 0.5) is 35.1 Å². The smallest absolute Gasteiger partial charge is 0.318 e. The molecule has 98 valence electrons. The molecule has 0 aliphatic heterocycles. The summed E-state index contributed by atoms with van der Waals surface area (Å²) in [5, 5.41) is 0. The number of hydrogen-bond donors (Lipinski definition) is 0. The van der Waals surface area contributed by atoms with Crippen LogP contribution in [0.15, 0.2) is 0 Å². The van der Waals surface area contributed by atoms with E-state index < -0.39 is 37.4 Å². The van der Waals surface area contributed by atoms with Crippen molar-refractivity contribution in [3.63, 3.8) is 0 Å². The molecule has 9 heteroatoms. The van der Waals surface area contributed by atoms with Gasteiger partial charge in [-0.15, -0.1) is 0 Å². The lowest BCUT2D eigenvalue weighted by molar-refractivity contribution is -0.337. The fourth-order valence-electron chi connectivity index (χ4n) is 0.630. The van der Waals surface area contributed by atoms with E-state index in [1.165, 1.54) is 0 Å². The van der Waals surface area contributed by atoms with Gasteiger partial charge in [-0.3, -0.25) is 0 Å². The van der Waals surface area contributed by atoms with Crippen LogP contribution in [0, 0.1) is 0 Å². The Morgan fingerprint density at radius 3 is 1.75 bits per heavy atom. The number of hydrogen-bond acceptors (Lipinski definition) is 1. The lowest BCUT2D eigenvalue weighted by atomic mass is 10.3. The molecule has 0 spiro atoms. The summed E-state index contributed by atoms with van der Waals surface area (Å²) in [7, 11) is 0. The van der Waals surface area contributed by atoms with E-state index >= 15 is 0 Å². The molecule has 0 fully saturated rings. The van der Waals surface area contributed by atoms with Crippen molar-refractivity contribution < 1.29 is 39.9 Å². The van der Waals surface area contributed by atoms with E-state index in [0.717, 1.165) is 0 Å². The largest absolute Gasteiger partial charge is 0.428 e. The van der Waals surface area contributed by atoms with Crippen molar-refractivity contribution >= 4 is 0 Å². The van der Waals surface area contributed by atoms with Crippen LogP contribution in [0.5, 0.6) is 0 Å². The topological polar surface area (TPSA) is 9.23 Å². The second kappa shape index (κ2) is 4.72. The fourth-order valence-corrected chi connectivity index (χ4v) is 0.630. The van der Waals surface area contributed by atoms with Gasteiger partial charge in [-0.2, -0.15) is 22.0 Å². The van der Waals surface area contributed by atoms with Crippen LogP contribution < -0.4 is 0 Å². The Morgan fingerprint density at radius 2 is 1.44 bits per heavy atom. The molecule has 0 saturated carbocycles. The zero-order valence-corrected chi connectivity index (χ0v) is 7.92. The van der Waals surface area contributed by atoms with Gasteiger partial charge in [-0.05, 0) is 6.92 Å². The highest BCUT2D eigenvalue weighted by molar-refractivity contribution is 4.75. The molecule has 1 nitrogen and oxygen atoms in total. The summed E-state index contributed by atoms with van der Waals surface area (Å²) in [4.78, 5) is 0. The molecular weight excluding hydrogens is 252 g/mol. The third kappa shape index (κ3) is 5.47. The minimum atomic E-state index is -5.81. The summed E-state index contributed by atoms with van der Waals surface area (Å²) in [5.41, 5.74) is 0. The average Bonchev–Trinajstić information content (AvgIpc) is 1.98. The molecule has 1 unspecified atom stereocenters. The second-order valence-electron chi connectivity index (χ2n) is 3.13. The first kappa shape index (κ1) is 15.4. The molecule has 0 aromatic heterocycles. The minimum absolute atomic E-state index is 0.366. The zero-order chi connectivity index (χ0) is 13.2. The van der Waals surface area contributed by atoms with Gasteiger partial charge >= 0.3 is 12.3 Å². The van der Waals surface area contributed by atoms with Crippen molar-refractivity contribution in [2.45, 2.75) is 37.7 Å². The van der Waals surface area contributed by atoms with Crippen molar-refractivity contribution in [3.05, 3.63) is 0 Å². The summed E-state index contributed by atoms with van der Waals surface area (Å²) in [5.74, 6) is -3.37. The predicted octanol–water partition coefficient (Wildman–Crippen LogP) is 3.54. The summed E-state index contributed by atoms with van der Waals surface area (Å²) in [6.07, 6.45) is -16.7. The van der Waals surface area contributed by atoms with Crippen molar-refractivity contribution in [1.82, 2.24) is 0 Å². The van der Waals surface area contributed by atoms with Gasteiger partial charge in [0.25, 0.3) is 6.17 Å². The standard InChI is InChI=1S/C7H8F8O/c1-5(9,10)2-3-16-7(14,15)4(8)6(11,12)13/h4H,2-3H2,1H3. The first-order valence-corrected chi connectivity index (χ1v) is 3.96. The van der Waals surface area contributed by atoms with Crippen molar-refractivity contribution in [1.29, 1.82) is 0 Å². The Hall–Kier alpha value is -0.600. The highest BCUT2D eigenvalue weighted by atomic mass is 19.4. The maximum atomic E-state index is 12.3. The second-order valence-corrected chi connectivity index (χ2v) is 3.13. The van der Waals surface area contributed by atoms with Crippen LogP contribution in [0.1, 0.15) is 13.3 Å². The fraction of sp³-hybridized carbons (Fsp3) is 1.00. The molecule has 0 aromatic rings. The molecule has 1 atom stereocenters. The highest BCUT2D eigenvalue weighted by Gasteiger charge is 2.58. The molecule has 0 aromatic carbocycles. The van der Waals surface area contributed by atoms with Gasteiger partial charge in [0.2, 0.25) is 5.92 Å². The van der Waals surface area contributed by atoms with Gasteiger partial charge in [0.15, 0.2) is 0 Å². The lowest BCUT2D eigenvalue weighted by Crippen LogP contribution is -2.44. The van der Waals surface area contributed by atoms with Crippen molar-refractivity contribution in [2.24, 2.45) is 0 Å². The Morgan fingerprint density at radius 1 is 1.00 bits per heavy atom. The van der Waals surface area contributed by atoms with Gasteiger partial charge in [-0.1, -0.05) is 0 Å². The normalized spacial score (nSPS) is 16.3. The van der Waals surface area contributed by atoms with E-state index in [2.05, 4.69) is 4.74 Å². The maximum absolute atomic E-state index is 12.3. The molecule has 0 amide bonds. The van der Waals surface area contributed by atoms with Gasteiger partial charge in [0.1, 0.15) is 0 Å². The molecule has 0 saturated heterocycles. The lowest BCUT2D eigenvalue weighted by Gasteiger charge is -2.23. The summed E-state index contributed by atoms with van der Waals surface area (Å²) in [6, 6.07) is 0. The third-order valence-corrected chi connectivity index (χ3v) is 1.42. The Labute approximate surface area is 85.4 Å². The molecule has 0 rings (SSSR count). The number of halogens is 8. The molecule has 0 aliphatic rings. The Bertz CT molecular complexity index is 217. The first-order valence-electron chi connectivity index (χ1n) is 3.96. The van der Waals surface area contributed by atoms with Crippen molar-refractivity contribution in [3.8, 4) is 0 Å². The van der Waals surface area contributed by atoms with E-state index in [1.54, 1.807) is 0 Å². The Balaban J connectivity index is 4.25.